The second-order valence-electron chi connectivity index (χ2n) is 3.53. The van der Waals surface area contributed by atoms with E-state index >= 15 is 0 Å². The molecule has 1 atom stereocenters. The predicted molar refractivity (Wildman–Crippen MR) is 53.0 cm³/mol. The molecule has 0 fully saturated rings. The van der Waals surface area contributed by atoms with Gasteiger partial charge in [0, 0.05) is 19.2 Å². The minimum atomic E-state index is 0.0451. The molecule has 0 bridgehead atoms. The highest BCUT2D eigenvalue weighted by Crippen LogP contribution is 2.33. The number of carbonyl (C=O) groups excluding carboxylic acids is 1. The van der Waals surface area contributed by atoms with E-state index in [-0.39, 0.29) is 18.6 Å². The maximum atomic E-state index is 11.7. The van der Waals surface area contributed by atoms with Gasteiger partial charge in [0.15, 0.2) is 0 Å². The summed E-state index contributed by atoms with van der Waals surface area (Å²) in [6.07, 6.45) is 0.610. The molecule has 3 heteroatoms. The molecule has 1 aliphatic heterocycles. The Morgan fingerprint density at radius 1 is 1.43 bits per heavy atom. The Hall–Kier alpha value is -1.35. The van der Waals surface area contributed by atoms with E-state index < -0.39 is 0 Å². The van der Waals surface area contributed by atoms with Gasteiger partial charge in [0.2, 0.25) is 0 Å². The first-order chi connectivity index (χ1) is 6.75. The zero-order chi connectivity index (χ0) is 10.1. The molecule has 1 aliphatic rings. The highest BCUT2D eigenvalue weighted by atomic mass is 16.3. The highest BCUT2D eigenvalue weighted by molar-refractivity contribution is 5.98. The zero-order valence-electron chi connectivity index (χ0n) is 8.10. The van der Waals surface area contributed by atoms with Crippen LogP contribution in [0.3, 0.4) is 0 Å². The van der Waals surface area contributed by atoms with Gasteiger partial charge < -0.3 is 10.0 Å². The van der Waals surface area contributed by atoms with Gasteiger partial charge in [-0.3, -0.25) is 4.79 Å². The fraction of sp³-hybridized carbons (Fsp3) is 0.364. The van der Waals surface area contributed by atoms with Gasteiger partial charge in [0.1, 0.15) is 0 Å². The Morgan fingerprint density at radius 2 is 2.14 bits per heavy atom. The van der Waals surface area contributed by atoms with Crippen LogP contribution in [0, 0.1) is 0 Å². The number of amides is 1. The summed E-state index contributed by atoms with van der Waals surface area (Å²) in [4.78, 5) is 13.4. The fourth-order valence-corrected chi connectivity index (χ4v) is 1.99. The number of hydrogen-bond acceptors (Lipinski definition) is 2. The number of aliphatic hydroxyl groups is 1. The molecule has 1 heterocycles. The summed E-state index contributed by atoms with van der Waals surface area (Å²) in [5.41, 5.74) is 1.81. The number of benzene rings is 1. The van der Waals surface area contributed by atoms with Crippen LogP contribution in [0.15, 0.2) is 24.3 Å². The fourth-order valence-electron chi connectivity index (χ4n) is 1.99. The molecule has 0 saturated heterocycles. The van der Waals surface area contributed by atoms with Crippen molar-refractivity contribution in [2.75, 3.05) is 13.7 Å². The lowest BCUT2D eigenvalue weighted by atomic mass is 10.0. The largest absolute Gasteiger partial charge is 0.396 e. The molecule has 1 aromatic rings. The number of aliphatic hydroxyl groups excluding tert-OH is 1. The minimum Gasteiger partial charge on any atom is -0.396 e. The van der Waals surface area contributed by atoms with Crippen LogP contribution in [-0.4, -0.2) is 29.6 Å². The van der Waals surface area contributed by atoms with Crippen LogP contribution in [0.25, 0.3) is 0 Å². The van der Waals surface area contributed by atoms with Crippen LogP contribution in [0.5, 0.6) is 0 Å². The van der Waals surface area contributed by atoms with Gasteiger partial charge in [-0.15, -0.1) is 0 Å². The average molecular weight is 191 g/mol. The first-order valence-electron chi connectivity index (χ1n) is 4.72. The Labute approximate surface area is 83.0 Å². The minimum absolute atomic E-state index is 0.0451. The van der Waals surface area contributed by atoms with Crippen LogP contribution in [0.4, 0.5) is 0 Å². The maximum Gasteiger partial charge on any atom is 0.254 e. The summed E-state index contributed by atoms with van der Waals surface area (Å²) < 4.78 is 0. The van der Waals surface area contributed by atoms with Gasteiger partial charge in [0.25, 0.3) is 5.91 Å². The third kappa shape index (κ3) is 1.21. The molecular weight excluding hydrogens is 178 g/mol. The molecule has 0 saturated carbocycles. The van der Waals surface area contributed by atoms with Crippen LogP contribution >= 0.6 is 0 Å². The van der Waals surface area contributed by atoms with Crippen molar-refractivity contribution < 1.29 is 9.90 Å². The smallest absolute Gasteiger partial charge is 0.254 e. The number of hydrogen-bond donors (Lipinski definition) is 1. The van der Waals surface area contributed by atoms with Crippen molar-refractivity contribution >= 4 is 5.91 Å². The van der Waals surface area contributed by atoms with E-state index in [1.165, 1.54) is 0 Å². The molecule has 1 amide bonds. The van der Waals surface area contributed by atoms with E-state index in [1.807, 2.05) is 24.3 Å². The van der Waals surface area contributed by atoms with Crippen LogP contribution in [0.1, 0.15) is 28.4 Å². The van der Waals surface area contributed by atoms with Crippen molar-refractivity contribution in [3.05, 3.63) is 35.4 Å². The van der Waals surface area contributed by atoms with Gasteiger partial charge in [-0.2, -0.15) is 0 Å². The molecule has 0 spiro atoms. The lowest BCUT2D eigenvalue weighted by Crippen LogP contribution is -2.23. The first-order valence-corrected chi connectivity index (χ1v) is 4.72. The van der Waals surface area contributed by atoms with Gasteiger partial charge >= 0.3 is 0 Å². The summed E-state index contributed by atoms with van der Waals surface area (Å²) >= 11 is 0. The van der Waals surface area contributed by atoms with Crippen molar-refractivity contribution in [2.45, 2.75) is 12.5 Å². The molecule has 74 valence electrons. The van der Waals surface area contributed by atoms with E-state index in [1.54, 1.807) is 11.9 Å². The monoisotopic (exact) mass is 191 g/mol. The predicted octanol–water partition coefficient (Wildman–Crippen LogP) is 1.20. The average Bonchev–Trinajstić information content (AvgIpc) is 2.45. The molecule has 14 heavy (non-hydrogen) atoms. The van der Waals surface area contributed by atoms with Crippen molar-refractivity contribution in [3.8, 4) is 0 Å². The normalized spacial score (nSPS) is 20.0. The molecule has 0 radical (unpaired) electrons. The van der Waals surface area contributed by atoms with Gasteiger partial charge in [-0.1, -0.05) is 18.2 Å². The summed E-state index contributed by atoms with van der Waals surface area (Å²) in [7, 11) is 1.78. The van der Waals surface area contributed by atoms with E-state index in [0.717, 1.165) is 11.1 Å². The number of nitrogens with zero attached hydrogens (tertiary/aromatic N) is 1. The van der Waals surface area contributed by atoms with Crippen molar-refractivity contribution in [1.82, 2.24) is 4.90 Å². The Balaban J connectivity index is 2.42. The third-order valence-corrected chi connectivity index (χ3v) is 2.74. The second-order valence-corrected chi connectivity index (χ2v) is 3.53. The number of fused-ring (bicyclic) bond motifs is 1. The summed E-state index contributed by atoms with van der Waals surface area (Å²) in [6, 6.07) is 7.63. The topological polar surface area (TPSA) is 40.5 Å². The van der Waals surface area contributed by atoms with E-state index in [4.69, 9.17) is 5.11 Å². The molecule has 1 N–H and O–H groups in total. The van der Waals surface area contributed by atoms with Gasteiger partial charge in [0.05, 0.1) is 6.04 Å². The van der Waals surface area contributed by atoms with E-state index in [0.29, 0.717) is 6.42 Å². The lowest BCUT2D eigenvalue weighted by Gasteiger charge is -2.19. The summed E-state index contributed by atoms with van der Waals surface area (Å²) in [6.45, 7) is 0.108. The maximum absolute atomic E-state index is 11.7. The third-order valence-electron chi connectivity index (χ3n) is 2.74. The Kier molecular flexibility index (Phi) is 2.25. The van der Waals surface area contributed by atoms with Gasteiger partial charge in [-0.25, -0.2) is 0 Å². The molecule has 1 unspecified atom stereocenters. The molecule has 0 aromatic heterocycles. The standard InChI is InChI=1S/C11H13NO2/c1-12-10(6-7-13)8-4-2-3-5-9(8)11(12)14/h2-5,10,13H,6-7H2,1H3. The van der Waals surface area contributed by atoms with Gasteiger partial charge in [-0.05, 0) is 18.1 Å². The molecular formula is C11H13NO2. The van der Waals surface area contributed by atoms with Crippen LogP contribution in [0.2, 0.25) is 0 Å². The molecule has 2 rings (SSSR count). The Bertz CT molecular complexity index is 362. The van der Waals surface area contributed by atoms with E-state index in [9.17, 15) is 4.79 Å². The number of rotatable bonds is 2. The summed E-state index contributed by atoms with van der Waals surface area (Å²) in [5.74, 6) is 0.0547. The number of carbonyl (C=O) groups is 1. The Morgan fingerprint density at radius 3 is 2.86 bits per heavy atom. The molecule has 1 aromatic carbocycles. The van der Waals surface area contributed by atoms with Crippen LogP contribution < -0.4 is 0 Å². The first kappa shape index (κ1) is 9.21. The van der Waals surface area contributed by atoms with Crippen LogP contribution in [-0.2, 0) is 0 Å². The summed E-state index contributed by atoms with van der Waals surface area (Å²) in [5, 5.41) is 8.92. The van der Waals surface area contributed by atoms with Crippen molar-refractivity contribution in [2.24, 2.45) is 0 Å². The van der Waals surface area contributed by atoms with Crippen molar-refractivity contribution in [1.29, 1.82) is 0 Å². The molecule has 0 aliphatic carbocycles. The highest BCUT2D eigenvalue weighted by Gasteiger charge is 2.32. The lowest BCUT2D eigenvalue weighted by molar-refractivity contribution is 0.0755. The quantitative estimate of drug-likeness (QED) is 0.763. The molecule has 3 nitrogen and oxygen atoms in total. The van der Waals surface area contributed by atoms with Crippen molar-refractivity contribution in [3.63, 3.8) is 0 Å². The SMILES string of the molecule is CN1C(=O)c2ccccc2C1CCO. The zero-order valence-corrected chi connectivity index (χ0v) is 8.10. The van der Waals surface area contributed by atoms with E-state index in [2.05, 4.69) is 0 Å². The second kappa shape index (κ2) is 3.42.